The summed E-state index contributed by atoms with van der Waals surface area (Å²) in [5, 5.41) is 21.6. The molecule has 22 heteroatoms. The van der Waals surface area contributed by atoms with Crippen molar-refractivity contribution in [2.75, 3.05) is 24.9 Å². The Labute approximate surface area is 290 Å². The molecule has 0 fully saturated rings. The summed E-state index contributed by atoms with van der Waals surface area (Å²) < 4.78 is 79.8. The van der Waals surface area contributed by atoms with Crippen LogP contribution in [0.2, 0.25) is 5.02 Å². The number of nitro groups is 1. The number of carbonyl (C=O) groups is 2. The maximum Gasteiger partial charge on any atom is 0.416 e. The fraction of sp³-hybridized carbons (Fsp3) is 0.179. The van der Waals surface area contributed by atoms with Crippen LogP contribution in [-0.2, 0) is 16.2 Å². The number of hydrogen-bond donors (Lipinski definition) is 3. The summed E-state index contributed by atoms with van der Waals surface area (Å²) in [6.07, 6.45) is -4.58. The van der Waals surface area contributed by atoms with E-state index >= 15 is 0 Å². The fourth-order valence-electron chi connectivity index (χ4n) is 3.64. The second kappa shape index (κ2) is 16.8. The first-order valence-electron chi connectivity index (χ1n) is 13.4. The molecular formula is C28H23Cl2F3N6O10S. The number of ether oxygens (including phenoxy) is 3. The van der Waals surface area contributed by atoms with E-state index in [-0.39, 0.29) is 57.4 Å². The van der Waals surface area contributed by atoms with E-state index in [2.05, 4.69) is 20.3 Å². The van der Waals surface area contributed by atoms with Crippen molar-refractivity contribution < 1.29 is 55.4 Å². The smallest absolute Gasteiger partial charge is 0.416 e. The summed E-state index contributed by atoms with van der Waals surface area (Å²) in [5.74, 6) is -1.45. The van der Waals surface area contributed by atoms with Crippen molar-refractivity contribution >= 4 is 56.9 Å². The Kier molecular flexibility index (Phi) is 13.1. The number of sulfonamides is 1. The molecule has 2 amide bonds. The molecule has 4 rings (SSSR count). The normalized spacial score (nSPS) is 11.0. The lowest BCUT2D eigenvalue weighted by Gasteiger charge is -2.12. The topological polar surface area (TPSA) is 222 Å². The third-order valence-electron chi connectivity index (χ3n) is 5.72. The molecule has 0 saturated carbocycles. The number of urea groups is 1. The summed E-state index contributed by atoms with van der Waals surface area (Å²) in [7, 11) is -2.85. The molecule has 3 N–H and O–H groups in total. The van der Waals surface area contributed by atoms with Gasteiger partial charge in [-0.3, -0.25) is 15.4 Å². The number of aromatic carboxylic acids is 1. The number of rotatable bonds is 11. The van der Waals surface area contributed by atoms with Crippen LogP contribution in [0.3, 0.4) is 0 Å². The van der Waals surface area contributed by atoms with E-state index in [1.165, 1.54) is 25.3 Å². The van der Waals surface area contributed by atoms with Gasteiger partial charge < -0.3 is 19.3 Å². The highest BCUT2D eigenvalue weighted by atomic mass is 35.5. The number of alkyl halides is 4. The van der Waals surface area contributed by atoms with Gasteiger partial charge in [-0.25, -0.2) is 22.7 Å². The van der Waals surface area contributed by atoms with Gasteiger partial charge in [0.25, 0.3) is 15.7 Å². The minimum Gasteiger partial charge on any atom is -0.491 e. The zero-order valence-electron chi connectivity index (χ0n) is 25.4. The van der Waals surface area contributed by atoms with Crippen molar-refractivity contribution in [3.05, 3.63) is 92.8 Å². The Morgan fingerprint density at radius 1 is 1.04 bits per heavy atom. The van der Waals surface area contributed by atoms with Gasteiger partial charge in [0.2, 0.25) is 5.95 Å². The highest BCUT2D eigenvalue weighted by Crippen LogP contribution is 2.37. The Morgan fingerprint density at radius 2 is 1.74 bits per heavy atom. The molecule has 266 valence electrons. The zero-order chi connectivity index (χ0) is 37.2. The summed E-state index contributed by atoms with van der Waals surface area (Å²) in [5.41, 5.74) is -2.25. The number of nitrogens with zero attached hydrogens (tertiary/aromatic N) is 4. The molecule has 0 aliphatic carbocycles. The monoisotopic (exact) mass is 762 g/mol. The van der Waals surface area contributed by atoms with E-state index in [4.69, 9.17) is 42.5 Å². The van der Waals surface area contributed by atoms with E-state index in [0.717, 1.165) is 30.3 Å². The van der Waals surface area contributed by atoms with Crippen LogP contribution in [0.5, 0.6) is 23.3 Å². The van der Waals surface area contributed by atoms with E-state index in [9.17, 15) is 41.3 Å². The molecule has 0 bridgehead atoms. The largest absolute Gasteiger partial charge is 0.491 e. The molecule has 0 saturated heterocycles. The van der Waals surface area contributed by atoms with E-state index < -0.39 is 49.9 Å². The van der Waals surface area contributed by atoms with Crippen LogP contribution in [0.25, 0.3) is 0 Å². The van der Waals surface area contributed by atoms with Crippen LogP contribution in [0.4, 0.5) is 29.6 Å². The number of para-hydroxylation sites is 1. The minimum absolute atomic E-state index is 0.0181. The molecule has 0 unspecified atom stereocenters. The van der Waals surface area contributed by atoms with Crippen LogP contribution in [0, 0.1) is 17.0 Å². The van der Waals surface area contributed by atoms with Gasteiger partial charge >= 0.3 is 24.2 Å². The molecule has 50 heavy (non-hydrogen) atoms. The zero-order valence-corrected chi connectivity index (χ0v) is 27.7. The lowest BCUT2D eigenvalue weighted by atomic mass is 10.1. The van der Waals surface area contributed by atoms with Crippen LogP contribution in [0.1, 0.15) is 21.7 Å². The molecule has 0 spiro atoms. The molecule has 0 atom stereocenters. The number of carbonyl (C=O) groups excluding carboxylic acids is 1. The summed E-state index contributed by atoms with van der Waals surface area (Å²) in [6, 6.07) is 10.1. The maximum absolute atomic E-state index is 12.6. The number of aromatic nitrogens is 3. The number of carboxylic acids is 1. The van der Waals surface area contributed by atoms with Gasteiger partial charge in [-0.15, -0.1) is 11.6 Å². The maximum atomic E-state index is 12.6. The summed E-state index contributed by atoms with van der Waals surface area (Å²) >= 11 is 11.3. The minimum atomic E-state index is -4.58. The lowest BCUT2D eigenvalue weighted by Crippen LogP contribution is -2.35. The molecule has 16 nitrogen and oxygen atoms in total. The molecule has 1 heterocycles. The quantitative estimate of drug-likeness (QED) is 0.0897. The second-order valence-electron chi connectivity index (χ2n) is 9.22. The number of anilines is 1. The Bertz CT molecular complexity index is 2010. The fourth-order valence-corrected chi connectivity index (χ4v) is 5.00. The lowest BCUT2D eigenvalue weighted by molar-refractivity contribution is -0.385. The Hall–Kier alpha value is -5.47. The number of nitrogens with one attached hydrogen (secondary N) is 2. The number of benzene rings is 3. The number of methoxy groups -OCH3 is 1. The Balaban J connectivity index is 0.000000271. The standard InChI is InChI=1S/C14H7ClF3NO5.C14H16ClN5O5S/c15-10-5-7(14(16,17)18)1-4-12(10)24-8-2-3-11(19(22)23)9(6-8)13(20)21;1-9-16-12(19-14(17-9)24-2)18-13(21)20-26(22,23)11-6-4-3-5-10(11)25-8-7-15/h1-6H,(H,20,21);3-6H,7-8H2,1-2H3,(H2,16,17,18,19,20,21). The molecular weight excluding hydrogens is 740 g/mol. The van der Waals surface area contributed by atoms with Crippen LogP contribution in [-0.4, -0.2) is 65.0 Å². The van der Waals surface area contributed by atoms with Gasteiger partial charge in [-0.05, 0) is 43.3 Å². The van der Waals surface area contributed by atoms with Crippen molar-refractivity contribution in [2.24, 2.45) is 0 Å². The Morgan fingerprint density at radius 3 is 2.34 bits per heavy atom. The number of hydrogen-bond acceptors (Lipinski definition) is 12. The summed E-state index contributed by atoms with van der Waals surface area (Å²) in [6.45, 7) is 1.68. The predicted octanol–water partition coefficient (Wildman–Crippen LogP) is 6.07. The van der Waals surface area contributed by atoms with Crippen LogP contribution >= 0.6 is 23.2 Å². The van der Waals surface area contributed by atoms with Crippen molar-refractivity contribution in [2.45, 2.75) is 18.0 Å². The van der Waals surface area contributed by atoms with Crippen molar-refractivity contribution in [1.82, 2.24) is 19.7 Å². The molecule has 4 aromatic rings. The first-order chi connectivity index (χ1) is 23.4. The average Bonchev–Trinajstić information content (AvgIpc) is 3.03. The molecule has 0 aliphatic heterocycles. The van der Waals surface area contributed by atoms with E-state index in [1.54, 1.807) is 13.0 Å². The van der Waals surface area contributed by atoms with Gasteiger partial charge in [0.1, 0.15) is 40.1 Å². The van der Waals surface area contributed by atoms with Gasteiger partial charge in [-0.2, -0.15) is 28.1 Å². The van der Waals surface area contributed by atoms with Crippen molar-refractivity contribution in [3.8, 4) is 23.3 Å². The van der Waals surface area contributed by atoms with E-state index in [1.807, 2.05) is 4.72 Å². The first kappa shape index (κ1) is 39.0. The van der Waals surface area contributed by atoms with Crippen LogP contribution in [0.15, 0.2) is 65.6 Å². The SMILES string of the molecule is COc1nc(C)nc(NC(=O)NS(=O)(=O)c2ccccc2OCCCl)n1.O=C(O)c1cc(Oc2ccc(C(F)(F)F)cc2Cl)ccc1[N+](=O)[O-]. The number of nitro benzene ring substituents is 1. The van der Waals surface area contributed by atoms with Crippen molar-refractivity contribution in [1.29, 1.82) is 0 Å². The highest BCUT2D eigenvalue weighted by Gasteiger charge is 2.31. The molecule has 3 aromatic carbocycles. The summed E-state index contributed by atoms with van der Waals surface area (Å²) in [4.78, 5) is 44.3. The highest BCUT2D eigenvalue weighted by molar-refractivity contribution is 7.90. The predicted molar refractivity (Wildman–Crippen MR) is 170 cm³/mol. The molecule has 1 aromatic heterocycles. The van der Waals surface area contributed by atoms with E-state index in [0.29, 0.717) is 6.07 Å². The first-order valence-corrected chi connectivity index (χ1v) is 15.8. The molecule has 0 radical (unpaired) electrons. The van der Waals surface area contributed by atoms with Gasteiger partial charge in [0.15, 0.2) is 0 Å². The number of carboxylic acid groups (broad SMARTS) is 1. The number of amides is 2. The third kappa shape index (κ3) is 10.8. The number of aryl methyl sites for hydroxylation is 1. The van der Waals surface area contributed by atoms with Gasteiger partial charge in [-0.1, -0.05) is 23.7 Å². The number of halogens is 5. The third-order valence-corrected chi connectivity index (χ3v) is 7.54. The van der Waals surface area contributed by atoms with Gasteiger partial charge in [0, 0.05) is 12.1 Å². The second-order valence-corrected chi connectivity index (χ2v) is 11.7. The van der Waals surface area contributed by atoms with Crippen molar-refractivity contribution in [3.63, 3.8) is 0 Å². The molecule has 0 aliphatic rings. The average molecular weight is 763 g/mol. The van der Waals surface area contributed by atoms with Crippen LogP contribution < -0.4 is 24.2 Å². The van der Waals surface area contributed by atoms with Gasteiger partial charge in [0.05, 0.1) is 28.5 Å².